The van der Waals surface area contributed by atoms with Crippen LogP contribution >= 0.6 is 0 Å². The Labute approximate surface area is 231 Å². The van der Waals surface area contributed by atoms with Crippen molar-refractivity contribution in [3.8, 4) is 22.3 Å². The molecule has 1 aliphatic carbocycles. The molecule has 0 fully saturated rings. The van der Waals surface area contributed by atoms with Gasteiger partial charge < -0.3 is 0 Å². The predicted octanol–water partition coefficient (Wildman–Crippen LogP) is 11.3. The molecule has 0 nitrogen and oxygen atoms in total. The predicted molar refractivity (Wildman–Crippen MR) is 171 cm³/mol. The first-order valence-corrected chi connectivity index (χ1v) is 14.2. The third kappa shape index (κ3) is 3.98. The maximum atomic E-state index is 2.45. The van der Waals surface area contributed by atoms with Gasteiger partial charge in [0, 0.05) is 0 Å². The van der Waals surface area contributed by atoms with Crippen molar-refractivity contribution < 1.29 is 0 Å². The van der Waals surface area contributed by atoms with Crippen LogP contribution in [0.25, 0.3) is 60.6 Å². The number of benzene rings is 6. The zero-order valence-electron chi connectivity index (χ0n) is 23.3. The van der Waals surface area contributed by atoms with E-state index in [0.29, 0.717) is 5.92 Å². The van der Waals surface area contributed by atoms with Crippen molar-refractivity contribution in [2.45, 2.75) is 45.4 Å². The second-order valence-corrected chi connectivity index (χ2v) is 12.3. The Morgan fingerprint density at radius 1 is 0.590 bits per heavy atom. The highest BCUT2D eigenvalue weighted by Crippen LogP contribution is 2.46. The average Bonchev–Trinajstić information content (AvgIpc) is 2.94. The van der Waals surface area contributed by atoms with Gasteiger partial charge in [0.2, 0.25) is 0 Å². The van der Waals surface area contributed by atoms with Crippen molar-refractivity contribution in [1.29, 1.82) is 0 Å². The minimum atomic E-state index is 0.0629. The molecule has 1 atom stereocenters. The van der Waals surface area contributed by atoms with Crippen molar-refractivity contribution in [2.24, 2.45) is 0 Å². The van der Waals surface area contributed by atoms with Gasteiger partial charge in [-0.2, -0.15) is 0 Å². The van der Waals surface area contributed by atoms with Gasteiger partial charge in [0.05, 0.1) is 0 Å². The smallest absolute Gasteiger partial charge is 0.00260 e. The van der Waals surface area contributed by atoms with E-state index in [1.54, 1.807) is 0 Å². The van der Waals surface area contributed by atoms with Crippen molar-refractivity contribution in [3.63, 3.8) is 0 Å². The van der Waals surface area contributed by atoms with Crippen molar-refractivity contribution in [1.82, 2.24) is 0 Å². The monoisotopic (exact) mass is 502 g/mol. The van der Waals surface area contributed by atoms with Gasteiger partial charge in [-0.3, -0.25) is 0 Å². The fourth-order valence-corrected chi connectivity index (χ4v) is 6.46. The van der Waals surface area contributed by atoms with Crippen LogP contribution in [-0.2, 0) is 5.41 Å². The van der Waals surface area contributed by atoms with Crippen LogP contribution in [0.2, 0.25) is 0 Å². The number of hydrogen-bond donors (Lipinski definition) is 0. The van der Waals surface area contributed by atoms with Crippen molar-refractivity contribution >= 4 is 38.4 Å². The van der Waals surface area contributed by atoms with Gasteiger partial charge in [0.1, 0.15) is 0 Å². The van der Waals surface area contributed by atoms with Crippen LogP contribution in [-0.4, -0.2) is 0 Å². The van der Waals surface area contributed by atoms with Crippen LogP contribution in [0, 0.1) is 0 Å². The van der Waals surface area contributed by atoms with Crippen LogP contribution in [0.15, 0.2) is 109 Å². The van der Waals surface area contributed by atoms with Crippen LogP contribution in [0.1, 0.15) is 56.7 Å². The van der Waals surface area contributed by atoms with Crippen LogP contribution in [0.4, 0.5) is 0 Å². The second kappa shape index (κ2) is 8.95. The van der Waals surface area contributed by atoms with Crippen LogP contribution in [0.3, 0.4) is 0 Å². The summed E-state index contributed by atoms with van der Waals surface area (Å²) >= 11 is 0. The number of hydrogen-bond acceptors (Lipinski definition) is 0. The SMILES string of the molecule is CC1CC=Cc2cc(-c3c4ccccc4c(-c4ccc5ccccc5c4)c4cc(C(C)(C)C)ccc34)ccc21. The molecule has 6 aromatic rings. The third-order valence-corrected chi connectivity index (χ3v) is 8.62. The summed E-state index contributed by atoms with van der Waals surface area (Å²) < 4.78 is 0. The quantitative estimate of drug-likeness (QED) is 0.207. The van der Waals surface area contributed by atoms with E-state index < -0.39 is 0 Å². The lowest BCUT2D eigenvalue weighted by Crippen LogP contribution is -2.10. The molecule has 1 aliphatic rings. The molecular formula is C39H34. The maximum absolute atomic E-state index is 2.45. The molecule has 6 aromatic carbocycles. The first kappa shape index (κ1) is 23.9. The fraction of sp³-hybridized carbons (Fsp3) is 0.179. The summed E-state index contributed by atoms with van der Waals surface area (Å²) in [6, 6.07) is 38.9. The number of fused-ring (bicyclic) bond motifs is 4. The van der Waals surface area contributed by atoms with E-state index in [9.17, 15) is 0 Å². The summed E-state index contributed by atoms with van der Waals surface area (Å²) in [5.74, 6) is 0.567. The van der Waals surface area contributed by atoms with E-state index >= 15 is 0 Å². The normalized spacial score (nSPS) is 15.2. The highest BCUT2D eigenvalue weighted by atomic mass is 14.2. The molecule has 0 spiro atoms. The highest BCUT2D eigenvalue weighted by Gasteiger charge is 2.21. The average molecular weight is 503 g/mol. The Balaban J connectivity index is 1.61. The molecule has 0 amide bonds. The van der Waals surface area contributed by atoms with E-state index in [0.717, 1.165) is 6.42 Å². The molecule has 0 bridgehead atoms. The molecule has 0 aliphatic heterocycles. The topological polar surface area (TPSA) is 0 Å². The number of rotatable bonds is 2. The highest BCUT2D eigenvalue weighted by molar-refractivity contribution is 6.22. The van der Waals surface area contributed by atoms with Crippen molar-refractivity contribution in [2.75, 3.05) is 0 Å². The summed E-state index contributed by atoms with van der Waals surface area (Å²) in [4.78, 5) is 0. The maximum Gasteiger partial charge on any atom is -0.00260 e. The van der Waals surface area contributed by atoms with E-state index in [2.05, 4.69) is 143 Å². The van der Waals surface area contributed by atoms with Crippen LogP contribution in [0.5, 0.6) is 0 Å². The van der Waals surface area contributed by atoms with E-state index in [1.165, 1.54) is 71.3 Å². The molecule has 39 heavy (non-hydrogen) atoms. The largest absolute Gasteiger partial charge is 0.0833 e. The molecule has 0 aromatic heterocycles. The van der Waals surface area contributed by atoms with Gasteiger partial charge in [-0.05, 0) is 107 Å². The third-order valence-electron chi connectivity index (χ3n) is 8.62. The molecule has 0 heterocycles. The van der Waals surface area contributed by atoms with Gasteiger partial charge in [-0.25, -0.2) is 0 Å². The molecule has 0 radical (unpaired) electrons. The first-order valence-electron chi connectivity index (χ1n) is 14.2. The van der Waals surface area contributed by atoms with Gasteiger partial charge >= 0.3 is 0 Å². The summed E-state index contributed by atoms with van der Waals surface area (Å²) in [6.07, 6.45) is 5.75. The standard InChI is InChI=1S/C39H34/c1-25-10-9-13-28-23-30(18-20-32(25)28)37-33-14-7-8-15-34(33)38(29-17-16-26-11-5-6-12-27(26)22-29)36-24-31(39(2,3)4)19-21-35(36)37/h5-9,11-25H,10H2,1-4H3. The van der Waals surface area contributed by atoms with Gasteiger partial charge in [0.15, 0.2) is 0 Å². The Bertz CT molecular complexity index is 1930. The number of allylic oxidation sites excluding steroid dienone is 1. The van der Waals surface area contributed by atoms with Crippen LogP contribution < -0.4 is 0 Å². The van der Waals surface area contributed by atoms with E-state index in [4.69, 9.17) is 0 Å². The molecule has 0 saturated carbocycles. The molecular weight excluding hydrogens is 468 g/mol. The molecule has 1 unspecified atom stereocenters. The second-order valence-electron chi connectivity index (χ2n) is 12.3. The molecule has 0 saturated heterocycles. The van der Waals surface area contributed by atoms with Crippen molar-refractivity contribution in [3.05, 3.63) is 126 Å². The van der Waals surface area contributed by atoms with E-state index in [1.807, 2.05) is 0 Å². The fourth-order valence-electron chi connectivity index (χ4n) is 6.46. The lowest BCUT2D eigenvalue weighted by Gasteiger charge is -2.24. The molecule has 0 N–H and O–H groups in total. The van der Waals surface area contributed by atoms with E-state index in [-0.39, 0.29) is 5.41 Å². The Morgan fingerprint density at radius 2 is 1.23 bits per heavy atom. The minimum absolute atomic E-state index is 0.0629. The van der Waals surface area contributed by atoms with Gasteiger partial charge in [0.25, 0.3) is 0 Å². The van der Waals surface area contributed by atoms with Gasteiger partial charge in [-0.1, -0.05) is 125 Å². The molecule has 190 valence electrons. The zero-order chi connectivity index (χ0) is 26.7. The minimum Gasteiger partial charge on any atom is -0.0833 e. The molecule has 0 heteroatoms. The summed E-state index contributed by atoms with van der Waals surface area (Å²) in [5, 5.41) is 7.81. The Morgan fingerprint density at radius 3 is 2.00 bits per heavy atom. The summed E-state index contributed by atoms with van der Waals surface area (Å²) in [7, 11) is 0. The first-order chi connectivity index (χ1) is 18.9. The lowest BCUT2D eigenvalue weighted by molar-refractivity contribution is 0.591. The lowest BCUT2D eigenvalue weighted by atomic mass is 9.80. The summed E-state index contributed by atoms with van der Waals surface area (Å²) in [5.41, 5.74) is 9.46. The Hall–Kier alpha value is -4.16. The molecule has 7 rings (SSSR count). The zero-order valence-corrected chi connectivity index (χ0v) is 23.3. The summed E-state index contributed by atoms with van der Waals surface area (Å²) in [6.45, 7) is 9.26. The Kier molecular flexibility index (Phi) is 5.49. The van der Waals surface area contributed by atoms with Gasteiger partial charge in [-0.15, -0.1) is 0 Å².